The summed E-state index contributed by atoms with van der Waals surface area (Å²) in [6.45, 7) is 3.93. The molecular formula is C18H20BrClFN2O+. The second kappa shape index (κ2) is 8.60. The van der Waals surface area contributed by atoms with Crippen molar-refractivity contribution in [2.24, 2.45) is 0 Å². The number of carbonyl (C=O) groups excluding carboxylic acids is 1. The summed E-state index contributed by atoms with van der Waals surface area (Å²) >= 11 is 9.38. The Bertz CT molecular complexity index is 709. The van der Waals surface area contributed by atoms with Crippen LogP contribution in [0.25, 0.3) is 0 Å². The van der Waals surface area contributed by atoms with E-state index in [1.807, 2.05) is 24.4 Å². The normalized spacial score (nSPS) is 13.4. The predicted molar refractivity (Wildman–Crippen MR) is 98.6 cm³/mol. The second-order valence-corrected chi connectivity index (χ2v) is 6.98. The highest BCUT2D eigenvalue weighted by Crippen LogP contribution is 2.22. The van der Waals surface area contributed by atoms with Crippen LogP contribution in [-0.2, 0) is 4.79 Å². The van der Waals surface area contributed by atoms with Gasteiger partial charge in [0.15, 0.2) is 6.04 Å². The fourth-order valence-electron chi connectivity index (χ4n) is 2.47. The van der Waals surface area contributed by atoms with Gasteiger partial charge in [0.25, 0.3) is 5.91 Å². The van der Waals surface area contributed by atoms with Crippen molar-refractivity contribution in [2.75, 3.05) is 5.32 Å². The molecule has 0 saturated carbocycles. The summed E-state index contributed by atoms with van der Waals surface area (Å²) in [4.78, 5) is 12.4. The molecule has 0 aliphatic heterocycles. The maximum Gasteiger partial charge on any atom is 0.282 e. The Hall–Kier alpha value is -1.43. The van der Waals surface area contributed by atoms with E-state index in [2.05, 4.69) is 40.3 Å². The highest BCUT2D eigenvalue weighted by molar-refractivity contribution is 9.10. The Morgan fingerprint density at radius 1 is 1.29 bits per heavy atom. The van der Waals surface area contributed by atoms with Crippen molar-refractivity contribution >= 4 is 39.1 Å². The van der Waals surface area contributed by atoms with E-state index < -0.39 is 5.82 Å². The molecule has 0 bridgehead atoms. The molecule has 0 aliphatic rings. The lowest BCUT2D eigenvalue weighted by molar-refractivity contribution is -0.713. The van der Waals surface area contributed by atoms with Gasteiger partial charge in [-0.05, 0) is 37.3 Å². The van der Waals surface area contributed by atoms with Gasteiger partial charge in [0.2, 0.25) is 0 Å². The van der Waals surface area contributed by atoms with Crippen LogP contribution in [0.5, 0.6) is 0 Å². The van der Waals surface area contributed by atoms with Crippen LogP contribution >= 0.6 is 27.5 Å². The molecule has 24 heavy (non-hydrogen) atoms. The molecule has 6 heteroatoms. The number of amides is 1. The first-order chi connectivity index (χ1) is 11.4. The monoisotopic (exact) mass is 413 g/mol. The maximum absolute atomic E-state index is 13.1. The van der Waals surface area contributed by atoms with E-state index in [1.165, 1.54) is 23.8 Å². The number of benzene rings is 2. The minimum atomic E-state index is -0.432. The van der Waals surface area contributed by atoms with Gasteiger partial charge in [-0.25, -0.2) is 4.39 Å². The minimum absolute atomic E-state index is 0.168. The van der Waals surface area contributed by atoms with E-state index >= 15 is 0 Å². The van der Waals surface area contributed by atoms with Crippen molar-refractivity contribution in [3.8, 4) is 0 Å². The molecule has 0 fully saturated rings. The summed E-state index contributed by atoms with van der Waals surface area (Å²) in [6, 6.07) is 11.9. The standard InChI is InChI=1S/C18H19BrClFN2O/c1-3-16(12-4-6-13(19)7-5-12)22-11(2)18(24)23-17-9-8-14(21)10-15(17)20/h4-11,16,22H,3H2,1-2H3,(H,23,24)/p+1/t11-,16+/m0/s1. The van der Waals surface area contributed by atoms with Crippen LogP contribution in [0.4, 0.5) is 10.1 Å². The number of halogens is 3. The van der Waals surface area contributed by atoms with E-state index in [1.54, 1.807) is 0 Å². The van der Waals surface area contributed by atoms with Gasteiger partial charge in [0.1, 0.15) is 11.9 Å². The number of carbonyl (C=O) groups is 1. The predicted octanol–water partition coefficient (Wildman–Crippen LogP) is 4.28. The molecule has 2 rings (SSSR count). The zero-order valence-electron chi connectivity index (χ0n) is 13.5. The molecular weight excluding hydrogens is 395 g/mol. The van der Waals surface area contributed by atoms with Gasteiger partial charge in [0.05, 0.1) is 10.7 Å². The number of hydrogen-bond donors (Lipinski definition) is 2. The molecule has 0 spiro atoms. The molecule has 0 heterocycles. The summed E-state index contributed by atoms with van der Waals surface area (Å²) < 4.78 is 14.1. The summed E-state index contributed by atoms with van der Waals surface area (Å²) in [6.07, 6.45) is 0.899. The molecule has 128 valence electrons. The van der Waals surface area contributed by atoms with Crippen LogP contribution in [0.2, 0.25) is 5.02 Å². The van der Waals surface area contributed by atoms with Gasteiger partial charge in [-0.2, -0.15) is 0 Å². The van der Waals surface area contributed by atoms with E-state index in [9.17, 15) is 9.18 Å². The van der Waals surface area contributed by atoms with Gasteiger partial charge in [-0.3, -0.25) is 4.79 Å². The van der Waals surface area contributed by atoms with Crippen LogP contribution in [0.3, 0.4) is 0 Å². The fourth-order valence-corrected chi connectivity index (χ4v) is 2.94. The van der Waals surface area contributed by atoms with E-state index in [4.69, 9.17) is 11.6 Å². The topological polar surface area (TPSA) is 45.7 Å². The number of nitrogens with one attached hydrogen (secondary N) is 1. The van der Waals surface area contributed by atoms with Crippen molar-refractivity contribution in [3.05, 3.63) is 63.3 Å². The molecule has 0 aromatic heterocycles. The number of rotatable bonds is 6. The van der Waals surface area contributed by atoms with Crippen molar-refractivity contribution in [3.63, 3.8) is 0 Å². The average molecular weight is 415 g/mol. The molecule has 0 aliphatic carbocycles. The molecule has 1 amide bonds. The van der Waals surface area contributed by atoms with Crippen LogP contribution in [0, 0.1) is 5.82 Å². The largest absolute Gasteiger partial charge is 0.330 e. The molecule has 0 radical (unpaired) electrons. The molecule has 0 saturated heterocycles. The molecule has 2 aromatic rings. The highest BCUT2D eigenvalue weighted by atomic mass is 79.9. The first-order valence-corrected chi connectivity index (χ1v) is 8.94. The third-order valence-electron chi connectivity index (χ3n) is 3.86. The summed E-state index contributed by atoms with van der Waals surface area (Å²) in [5.41, 5.74) is 1.58. The SMILES string of the molecule is CC[C@@H]([NH2+][C@@H](C)C(=O)Nc1ccc(F)cc1Cl)c1ccc(Br)cc1. The van der Waals surface area contributed by atoms with Crippen LogP contribution in [-0.4, -0.2) is 11.9 Å². The number of anilines is 1. The second-order valence-electron chi connectivity index (χ2n) is 5.66. The summed E-state index contributed by atoms with van der Waals surface area (Å²) in [5.74, 6) is -0.599. The lowest BCUT2D eigenvalue weighted by Gasteiger charge is -2.19. The first-order valence-electron chi connectivity index (χ1n) is 7.77. The Labute approximate surface area is 154 Å². The molecule has 3 N–H and O–H groups in total. The van der Waals surface area contributed by atoms with E-state index in [0.29, 0.717) is 5.69 Å². The number of hydrogen-bond acceptors (Lipinski definition) is 1. The third-order valence-corrected chi connectivity index (χ3v) is 4.70. The fraction of sp³-hybridized carbons (Fsp3) is 0.278. The highest BCUT2D eigenvalue weighted by Gasteiger charge is 2.22. The number of nitrogens with two attached hydrogens (primary N) is 1. The van der Waals surface area contributed by atoms with Crippen molar-refractivity contribution in [1.29, 1.82) is 0 Å². The van der Waals surface area contributed by atoms with Crippen molar-refractivity contribution < 1.29 is 14.5 Å². The van der Waals surface area contributed by atoms with Crippen molar-refractivity contribution in [1.82, 2.24) is 0 Å². The van der Waals surface area contributed by atoms with Gasteiger partial charge >= 0.3 is 0 Å². The Kier molecular flexibility index (Phi) is 6.78. The lowest BCUT2D eigenvalue weighted by Crippen LogP contribution is -2.92. The Morgan fingerprint density at radius 3 is 2.54 bits per heavy atom. The molecule has 3 nitrogen and oxygen atoms in total. The summed E-state index contributed by atoms with van der Waals surface area (Å²) in [5, 5.41) is 4.97. The van der Waals surface area contributed by atoms with Crippen molar-refractivity contribution in [2.45, 2.75) is 32.4 Å². The minimum Gasteiger partial charge on any atom is -0.330 e. The maximum atomic E-state index is 13.1. The molecule has 0 unspecified atom stereocenters. The van der Waals surface area contributed by atoms with E-state index in [-0.39, 0.29) is 23.0 Å². The van der Waals surface area contributed by atoms with Crippen LogP contribution in [0.15, 0.2) is 46.9 Å². The number of quaternary nitrogens is 1. The van der Waals surface area contributed by atoms with Gasteiger partial charge in [0, 0.05) is 16.5 Å². The molecule has 2 atom stereocenters. The summed E-state index contributed by atoms with van der Waals surface area (Å²) in [7, 11) is 0. The van der Waals surface area contributed by atoms with Gasteiger partial charge < -0.3 is 10.6 Å². The zero-order valence-corrected chi connectivity index (χ0v) is 15.9. The van der Waals surface area contributed by atoms with Crippen LogP contribution < -0.4 is 10.6 Å². The molecule has 2 aromatic carbocycles. The van der Waals surface area contributed by atoms with E-state index in [0.717, 1.165) is 10.9 Å². The van der Waals surface area contributed by atoms with Gasteiger partial charge in [-0.1, -0.05) is 46.6 Å². The zero-order chi connectivity index (χ0) is 17.7. The third kappa shape index (κ3) is 5.03. The lowest BCUT2D eigenvalue weighted by atomic mass is 10.0. The average Bonchev–Trinajstić information content (AvgIpc) is 2.55. The quantitative estimate of drug-likeness (QED) is 0.728. The Balaban J connectivity index is 2.02. The Morgan fingerprint density at radius 2 is 1.96 bits per heavy atom. The van der Waals surface area contributed by atoms with Crippen LogP contribution in [0.1, 0.15) is 31.9 Å². The smallest absolute Gasteiger partial charge is 0.282 e. The first kappa shape index (κ1) is 18.9. The van der Waals surface area contributed by atoms with Gasteiger partial charge in [-0.15, -0.1) is 0 Å².